The number of hydrogen-bond donors (Lipinski definition) is 0. The van der Waals surface area contributed by atoms with Crippen molar-refractivity contribution in [2.45, 2.75) is 20.4 Å². The third-order valence-electron chi connectivity index (χ3n) is 3.16. The second kappa shape index (κ2) is 7.36. The van der Waals surface area contributed by atoms with Crippen LogP contribution in [0.2, 0.25) is 0 Å². The molecule has 1 aromatic heterocycles. The molecular formula is C17H18N2O3. The van der Waals surface area contributed by atoms with E-state index in [9.17, 15) is 9.59 Å². The molecule has 22 heavy (non-hydrogen) atoms. The van der Waals surface area contributed by atoms with Crippen molar-refractivity contribution in [1.29, 1.82) is 0 Å². The van der Waals surface area contributed by atoms with Gasteiger partial charge in [-0.05, 0) is 48.9 Å². The summed E-state index contributed by atoms with van der Waals surface area (Å²) < 4.78 is 4.94. The van der Waals surface area contributed by atoms with Crippen molar-refractivity contribution >= 4 is 17.6 Å². The predicted octanol–water partition coefficient (Wildman–Crippen LogP) is 2.81. The average molecular weight is 298 g/mol. The molecule has 0 atom stereocenters. The molecule has 0 aliphatic carbocycles. The maximum absolute atomic E-state index is 11.9. The van der Waals surface area contributed by atoms with Crippen molar-refractivity contribution in [3.8, 4) is 0 Å². The second-order valence-corrected chi connectivity index (χ2v) is 4.73. The van der Waals surface area contributed by atoms with Crippen LogP contribution < -0.4 is 4.90 Å². The number of pyridine rings is 1. The summed E-state index contributed by atoms with van der Waals surface area (Å²) in [7, 11) is 0. The Morgan fingerprint density at radius 1 is 1.09 bits per heavy atom. The van der Waals surface area contributed by atoms with Crippen LogP contribution in [0.4, 0.5) is 5.69 Å². The number of anilines is 1. The number of aromatic nitrogens is 1. The Hall–Kier alpha value is -2.69. The molecule has 1 heterocycles. The summed E-state index contributed by atoms with van der Waals surface area (Å²) in [6, 6.07) is 10.5. The normalized spacial score (nSPS) is 10.1. The fourth-order valence-corrected chi connectivity index (χ4v) is 2.05. The van der Waals surface area contributed by atoms with E-state index in [2.05, 4.69) is 4.98 Å². The first-order valence-electron chi connectivity index (χ1n) is 7.06. The molecule has 0 spiro atoms. The van der Waals surface area contributed by atoms with E-state index in [1.807, 2.05) is 12.1 Å². The van der Waals surface area contributed by atoms with E-state index in [4.69, 9.17) is 4.74 Å². The molecule has 0 N–H and O–H groups in total. The fraction of sp³-hybridized carbons (Fsp3) is 0.235. The minimum Gasteiger partial charge on any atom is -0.462 e. The molecule has 5 heteroatoms. The van der Waals surface area contributed by atoms with Gasteiger partial charge in [0.05, 0.1) is 18.7 Å². The third kappa shape index (κ3) is 3.91. The van der Waals surface area contributed by atoms with Crippen LogP contribution in [0.15, 0.2) is 48.8 Å². The smallest absolute Gasteiger partial charge is 0.338 e. The summed E-state index contributed by atoms with van der Waals surface area (Å²) in [5.74, 6) is -0.432. The van der Waals surface area contributed by atoms with Gasteiger partial charge in [0.25, 0.3) is 0 Å². The lowest BCUT2D eigenvalue weighted by Crippen LogP contribution is -2.27. The van der Waals surface area contributed by atoms with Gasteiger partial charge in [-0.15, -0.1) is 0 Å². The topological polar surface area (TPSA) is 59.5 Å². The minimum absolute atomic E-state index is 0.0688. The molecule has 1 aromatic carbocycles. The maximum atomic E-state index is 11.9. The standard InChI is InChI=1S/C17H18N2O3/c1-3-22-17(21)15-4-6-16(7-5-15)19(13(2)20)12-14-8-10-18-11-9-14/h4-11H,3,12H2,1-2H3. The molecule has 5 nitrogen and oxygen atoms in total. The summed E-state index contributed by atoms with van der Waals surface area (Å²) in [6.45, 7) is 4.07. The van der Waals surface area contributed by atoms with E-state index >= 15 is 0 Å². The molecule has 1 amide bonds. The molecule has 0 aliphatic rings. The van der Waals surface area contributed by atoms with Crippen molar-refractivity contribution in [2.75, 3.05) is 11.5 Å². The maximum Gasteiger partial charge on any atom is 0.338 e. The van der Waals surface area contributed by atoms with Gasteiger partial charge in [0.15, 0.2) is 0 Å². The largest absolute Gasteiger partial charge is 0.462 e. The molecule has 0 fully saturated rings. The highest BCUT2D eigenvalue weighted by Crippen LogP contribution is 2.19. The number of benzene rings is 1. The van der Waals surface area contributed by atoms with Gasteiger partial charge >= 0.3 is 5.97 Å². The van der Waals surface area contributed by atoms with E-state index in [0.29, 0.717) is 18.7 Å². The van der Waals surface area contributed by atoms with Gasteiger partial charge in [-0.3, -0.25) is 9.78 Å². The highest BCUT2D eigenvalue weighted by molar-refractivity contribution is 5.93. The molecule has 0 radical (unpaired) electrons. The van der Waals surface area contributed by atoms with Crippen molar-refractivity contribution < 1.29 is 14.3 Å². The summed E-state index contributed by atoms with van der Waals surface area (Å²) in [5, 5.41) is 0. The average Bonchev–Trinajstić information content (AvgIpc) is 2.54. The van der Waals surface area contributed by atoms with E-state index in [1.54, 1.807) is 48.5 Å². The van der Waals surface area contributed by atoms with E-state index in [-0.39, 0.29) is 11.9 Å². The Labute approximate surface area is 129 Å². The van der Waals surface area contributed by atoms with Crippen molar-refractivity contribution in [1.82, 2.24) is 4.98 Å². The molecule has 2 rings (SSSR count). The van der Waals surface area contributed by atoms with Crippen molar-refractivity contribution in [3.05, 3.63) is 59.9 Å². The van der Waals surface area contributed by atoms with Gasteiger partial charge < -0.3 is 9.64 Å². The van der Waals surface area contributed by atoms with E-state index < -0.39 is 0 Å². The van der Waals surface area contributed by atoms with Crippen molar-refractivity contribution in [3.63, 3.8) is 0 Å². The number of esters is 1. The van der Waals surface area contributed by atoms with Crippen LogP contribution in [-0.2, 0) is 16.1 Å². The Balaban J connectivity index is 2.19. The first-order valence-corrected chi connectivity index (χ1v) is 7.06. The van der Waals surface area contributed by atoms with Crippen LogP contribution in [0.25, 0.3) is 0 Å². The highest BCUT2D eigenvalue weighted by atomic mass is 16.5. The van der Waals surface area contributed by atoms with Gasteiger partial charge in [0.2, 0.25) is 5.91 Å². The lowest BCUT2D eigenvalue weighted by Gasteiger charge is -2.21. The van der Waals surface area contributed by atoms with Crippen LogP contribution in [-0.4, -0.2) is 23.5 Å². The van der Waals surface area contributed by atoms with Crippen LogP contribution in [0.5, 0.6) is 0 Å². The zero-order chi connectivity index (χ0) is 15.9. The van der Waals surface area contributed by atoms with Crippen LogP contribution >= 0.6 is 0 Å². The number of amides is 1. The van der Waals surface area contributed by atoms with Crippen LogP contribution in [0, 0.1) is 0 Å². The van der Waals surface area contributed by atoms with Crippen molar-refractivity contribution in [2.24, 2.45) is 0 Å². The zero-order valence-electron chi connectivity index (χ0n) is 12.7. The van der Waals surface area contributed by atoms with Gasteiger partial charge in [-0.1, -0.05) is 0 Å². The molecule has 0 unspecified atom stereocenters. The minimum atomic E-state index is -0.363. The predicted molar refractivity (Wildman–Crippen MR) is 83.5 cm³/mol. The third-order valence-corrected chi connectivity index (χ3v) is 3.16. The fourth-order valence-electron chi connectivity index (χ4n) is 2.05. The molecule has 0 saturated heterocycles. The molecule has 0 aliphatic heterocycles. The molecule has 0 bridgehead atoms. The summed E-state index contributed by atoms with van der Waals surface area (Å²) >= 11 is 0. The number of carbonyl (C=O) groups excluding carboxylic acids is 2. The number of carbonyl (C=O) groups is 2. The quantitative estimate of drug-likeness (QED) is 0.796. The number of rotatable bonds is 5. The van der Waals surface area contributed by atoms with Gasteiger partial charge in [-0.2, -0.15) is 0 Å². The number of nitrogens with zero attached hydrogens (tertiary/aromatic N) is 2. The molecular weight excluding hydrogens is 280 g/mol. The lowest BCUT2D eigenvalue weighted by atomic mass is 10.1. The monoisotopic (exact) mass is 298 g/mol. The lowest BCUT2D eigenvalue weighted by molar-refractivity contribution is -0.116. The van der Waals surface area contributed by atoms with E-state index in [0.717, 1.165) is 11.3 Å². The van der Waals surface area contributed by atoms with Gasteiger partial charge in [-0.25, -0.2) is 4.79 Å². The number of hydrogen-bond acceptors (Lipinski definition) is 4. The molecule has 114 valence electrons. The summed E-state index contributed by atoms with van der Waals surface area (Å²) in [6.07, 6.45) is 3.38. The Morgan fingerprint density at radius 3 is 2.27 bits per heavy atom. The highest BCUT2D eigenvalue weighted by Gasteiger charge is 2.13. The van der Waals surface area contributed by atoms with E-state index in [1.165, 1.54) is 6.92 Å². The number of ether oxygens (including phenoxy) is 1. The Morgan fingerprint density at radius 2 is 1.73 bits per heavy atom. The van der Waals surface area contributed by atoms with Gasteiger partial charge in [0.1, 0.15) is 0 Å². The van der Waals surface area contributed by atoms with Gasteiger partial charge in [0, 0.05) is 25.0 Å². The van der Waals surface area contributed by atoms with Crippen LogP contribution in [0.3, 0.4) is 0 Å². The molecule has 0 saturated carbocycles. The second-order valence-electron chi connectivity index (χ2n) is 4.73. The first kappa shape index (κ1) is 15.7. The SMILES string of the molecule is CCOC(=O)c1ccc(N(Cc2ccncc2)C(C)=O)cc1. The summed E-state index contributed by atoms with van der Waals surface area (Å²) in [5.41, 5.74) is 2.19. The summed E-state index contributed by atoms with van der Waals surface area (Å²) in [4.78, 5) is 29.1. The first-order chi connectivity index (χ1) is 10.6. The zero-order valence-corrected chi connectivity index (χ0v) is 12.7. The molecule has 2 aromatic rings. The Bertz CT molecular complexity index is 639. The van der Waals surface area contributed by atoms with Crippen LogP contribution in [0.1, 0.15) is 29.8 Å². The Kier molecular flexibility index (Phi) is 5.25.